The number of piperidine rings is 1. The van der Waals surface area contributed by atoms with Gasteiger partial charge in [0.1, 0.15) is 11.5 Å². The molecule has 0 bridgehead atoms. The molecule has 2 N–H and O–H groups in total. The molecule has 35 heavy (non-hydrogen) atoms. The van der Waals surface area contributed by atoms with E-state index in [1.165, 1.54) is 46.9 Å². The number of nitrogens with zero attached hydrogens (tertiary/aromatic N) is 2. The zero-order valence-corrected chi connectivity index (χ0v) is 19.9. The van der Waals surface area contributed by atoms with Crippen molar-refractivity contribution in [3.63, 3.8) is 0 Å². The number of nitrogens with one attached hydrogen (secondary N) is 2. The average molecular weight is 497 g/mol. The first-order chi connectivity index (χ1) is 16.8. The Morgan fingerprint density at radius 1 is 0.971 bits per heavy atom. The van der Waals surface area contributed by atoms with E-state index in [9.17, 15) is 22.4 Å². The van der Waals surface area contributed by atoms with Gasteiger partial charge in [-0.3, -0.25) is 14.6 Å². The summed E-state index contributed by atoms with van der Waals surface area (Å²) in [5.41, 5.74) is 0.586. The van der Waals surface area contributed by atoms with Crippen LogP contribution in [0.25, 0.3) is 0 Å². The van der Waals surface area contributed by atoms with Gasteiger partial charge in [0.25, 0.3) is 11.8 Å². The van der Waals surface area contributed by atoms with Crippen LogP contribution in [-0.2, 0) is 10.0 Å². The number of sulfonamides is 1. The van der Waals surface area contributed by atoms with Crippen molar-refractivity contribution in [2.24, 2.45) is 0 Å². The maximum absolute atomic E-state index is 13.9. The molecule has 1 unspecified atom stereocenters. The summed E-state index contributed by atoms with van der Waals surface area (Å²) in [5.74, 6) is -1.71. The summed E-state index contributed by atoms with van der Waals surface area (Å²) in [7, 11) is -3.67. The third-order valence-corrected chi connectivity index (χ3v) is 7.87. The van der Waals surface area contributed by atoms with E-state index < -0.39 is 27.7 Å². The molecule has 2 amide bonds. The van der Waals surface area contributed by atoms with Gasteiger partial charge in [-0.15, -0.1) is 0 Å². The molecule has 1 aliphatic rings. The highest BCUT2D eigenvalue weighted by molar-refractivity contribution is 7.89. The Kier molecular flexibility index (Phi) is 7.23. The Bertz CT molecular complexity index is 1330. The summed E-state index contributed by atoms with van der Waals surface area (Å²) in [6.45, 7) is 2.36. The van der Waals surface area contributed by atoms with E-state index in [-0.39, 0.29) is 33.6 Å². The number of pyridine rings is 1. The van der Waals surface area contributed by atoms with E-state index in [2.05, 4.69) is 15.6 Å². The molecule has 1 aliphatic heterocycles. The van der Waals surface area contributed by atoms with Gasteiger partial charge in [-0.05, 0) is 74.4 Å². The lowest BCUT2D eigenvalue weighted by atomic mass is 10.1. The predicted molar refractivity (Wildman–Crippen MR) is 130 cm³/mol. The minimum atomic E-state index is -3.67. The van der Waals surface area contributed by atoms with Gasteiger partial charge in [-0.2, -0.15) is 4.31 Å². The monoisotopic (exact) mass is 496 g/mol. The lowest BCUT2D eigenvalue weighted by molar-refractivity contribution is 0.101. The maximum Gasteiger partial charge on any atom is 0.274 e. The zero-order valence-electron chi connectivity index (χ0n) is 19.1. The molecule has 1 fully saturated rings. The van der Waals surface area contributed by atoms with Crippen molar-refractivity contribution in [2.45, 2.75) is 37.1 Å². The fourth-order valence-electron chi connectivity index (χ4n) is 3.95. The van der Waals surface area contributed by atoms with Gasteiger partial charge in [-0.25, -0.2) is 12.8 Å². The predicted octanol–water partition coefficient (Wildman–Crippen LogP) is 4.29. The van der Waals surface area contributed by atoms with Crippen LogP contribution in [0.15, 0.2) is 71.8 Å². The van der Waals surface area contributed by atoms with Crippen LogP contribution in [0.5, 0.6) is 0 Å². The number of amides is 2. The Morgan fingerprint density at radius 2 is 1.71 bits per heavy atom. The second-order valence-electron chi connectivity index (χ2n) is 8.30. The third-order valence-electron chi connectivity index (χ3n) is 5.84. The standard InChI is InChI=1S/C25H25FN4O4S/c1-17-6-3-5-15-30(17)35(33,34)20-11-8-18(9-12-20)24(31)29-23-16-19(26)10-13-21(23)28-25(32)22-7-2-4-14-27-22/h2,4,7-14,16-17H,3,5-6,15H2,1H3,(H,28,32)(H,29,31). The van der Waals surface area contributed by atoms with Crippen molar-refractivity contribution in [1.82, 2.24) is 9.29 Å². The topological polar surface area (TPSA) is 108 Å². The van der Waals surface area contributed by atoms with Crippen molar-refractivity contribution in [2.75, 3.05) is 17.2 Å². The normalized spacial score (nSPS) is 16.5. The van der Waals surface area contributed by atoms with E-state index in [1.807, 2.05) is 6.92 Å². The van der Waals surface area contributed by atoms with Crippen LogP contribution in [0.1, 0.15) is 47.0 Å². The molecular formula is C25H25FN4O4S. The number of halogens is 1. The molecule has 182 valence electrons. The number of hydrogen-bond donors (Lipinski definition) is 2. The van der Waals surface area contributed by atoms with E-state index in [0.717, 1.165) is 31.4 Å². The Labute approximate surface area is 203 Å². The van der Waals surface area contributed by atoms with Crippen LogP contribution in [0, 0.1) is 5.82 Å². The summed E-state index contributed by atoms with van der Waals surface area (Å²) in [5, 5.41) is 5.19. The van der Waals surface area contributed by atoms with Gasteiger partial charge in [0.2, 0.25) is 10.0 Å². The van der Waals surface area contributed by atoms with Gasteiger partial charge in [-0.1, -0.05) is 12.5 Å². The van der Waals surface area contributed by atoms with Gasteiger partial charge < -0.3 is 10.6 Å². The molecule has 4 rings (SSSR count). The van der Waals surface area contributed by atoms with Crippen molar-refractivity contribution < 1.29 is 22.4 Å². The molecule has 10 heteroatoms. The molecule has 0 saturated carbocycles. The Morgan fingerprint density at radius 3 is 2.40 bits per heavy atom. The zero-order chi connectivity index (χ0) is 25.0. The number of rotatable bonds is 6. The number of benzene rings is 2. The highest BCUT2D eigenvalue weighted by Gasteiger charge is 2.31. The van der Waals surface area contributed by atoms with Gasteiger partial charge in [0.15, 0.2) is 0 Å². The Hall–Kier alpha value is -3.63. The lowest BCUT2D eigenvalue weighted by Crippen LogP contribution is -2.41. The first-order valence-corrected chi connectivity index (χ1v) is 12.6. The first kappa shape index (κ1) is 24.5. The molecule has 1 aromatic heterocycles. The lowest BCUT2D eigenvalue weighted by Gasteiger charge is -2.32. The van der Waals surface area contributed by atoms with Crippen LogP contribution < -0.4 is 10.6 Å². The largest absolute Gasteiger partial charge is 0.320 e. The van der Waals surface area contributed by atoms with Crippen LogP contribution in [0.2, 0.25) is 0 Å². The molecule has 1 atom stereocenters. The second-order valence-corrected chi connectivity index (χ2v) is 10.2. The van der Waals surface area contributed by atoms with E-state index in [4.69, 9.17) is 0 Å². The third kappa shape index (κ3) is 5.55. The minimum absolute atomic E-state index is 0.0538. The molecule has 3 aromatic rings. The number of hydrogen-bond acceptors (Lipinski definition) is 5. The molecular weight excluding hydrogens is 471 g/mol. The number of anilines is 2. The number of carbonyl (C=O) groups is 2. The maximum atomic E-state index is 13.9. The Balaban J connectivity index is 1.51. The molecule has 2 heterocycles. The molecule has 0 radical (unpaired) electrons. The minimum Gasteiger partial charge on any atom is -0.320 e. The van der Waals surface area contributed by atoms with Crippen molar-refractivity contribution in [3.8, 4) is 0 Å². The summed E-state index contributed by atoms with van der Waals surface area (Å²) in [6.07, 6.45) is 4.10. The molecule has 8 nitrogen and oxygen atoms in total. The fraction of sp³-hybridized carbons (Fsp3) is 0.240. The fourth-order valence-corrected chi connectivity index (χ4v) is 5.65. The van der Waals surface area contributed by atoms with E-state index in [1.54, 1.807) is 12.1 Å². The highest BCUT2D eigenvalue weighted by Crippen LogP contribution is 2.27. The van der Waals surface area contributed by atoms with Gasteiger partial charge in [0.05, 0.1) is 16.3 Å². The molecule has 0 aliphatic carbocycles. The van der Waals surface area contributed by atoms with Gasteiger partial charge in [0, 0.05) is 24.3 Å². The number of carbonyl (C=O) groups excluding carboxylic acids is 2. The molecule has 1 saturated heterocycles. The van der Waals surface area contributed by atoms with E-state index in [0.29, 0.717) is 6.54 Å². The number of aromatic nitrogens is 1. The highest BCUT2D eigenvalue weighted by atomic mass is 32.2. The summed E-state index contributed by atoms with van der Waals surface area (Å²) in [6, 6.07) is 13.9. The smallest absolute Gasteiger partial charge is 0.274 e. The van der Waals surface area contributed by atoms with Crippen molar-refractivity contribution >= 4 is 33.2 Å². The van der Waals surface area contributed by atoms with Crippen molar-refractivity contribution in [3.05, 3.63) is 83.9 Å². The summed E-state index contributed by atoms with van der Waals surface area (Å²) in [4.78, 5) is 29.4. The van der Waals surface area contributed by atoms with Crippen LogP contribution in [-0.4, -0.2) is 42.1 Å². The van der Waals surface area contributed by atoms with Crippen molar-refractivity contribution in [1.29, 1.82) is 0 Å². The SMILES string of the molecule is CC1CCCCN1S(=O)(=O)c1ccc(C(=O)Nc2cc(F)ccc2NC(=O)c2ccccn2)cc1. The first-order valence-electron chi connectivity index (χ1n) is 11.2. The van der Waals surface area contributed by atoms with Crippen LogP contribution >= 0.6 is 0 Å². The average Bonchev–Trinajstić information content (AvgIpc) is 2.86. The summed E-state index contributed by atoms with van der Waals surface area (Å²) < 4.78 is 41.4. The van der Waals surface area contributed by atoms with Gasteiger partial charge >= 0.3 is 0 Å². The van der Waals surface area contributed by atoms with Crippen LogP contribution in [0.3, 0.4) is 0 Å². The second kappa shape index (κ2) is 10.3. The van der Waals surface area contributed by atoms with E-state index >= 15 is 0 Å². The van der Waals surface area contributed by atoms with Crippen LogP contribution in [0.4, 0.5) is 15.8 Å². The molecule has 0 spiro atoms. The molecule has 2 aromatic carbocycles. The quantitative estimate of drug-likeness (QED) is 0.529. The summed E-state index contributed by atoms with van der Waals surface area (Å²) >= 11 is 0.